The van der Waals surface area contributed by atoms with E-state index in [2.05, 4.69) is 10.0 Å². The van der Waals surface area contributed by atoms with Gasteiger partial charge in [0.05, 0.1) is 12.8 Å². The summed E-state index contributed by atoms with van der Waals surface area (Å²) in [4.78, 5) is 13.5. The fourth-order valence-corrected chi connectivity index (χ4v) is 3.51. The second kappa shape index (κ2) is 8.79. The Kier molecular flexibility index (Phi) is 5.76. The standard InChI is InChI=1S/C22H20N2O4S/c1-26-19-5-3-2-4-18(19)24-29-17-9-7-16(8-10-17)23-22(25)15-6-11-20-21(14-15)28-13-12-27-20/h2-11,14,24H,12-13H2,1H3,(H,23,25). The van der Waals surface area contributed by atoms with Crippen molar-refractivity contribution in [2.45, 2.75) is 4.90 Å². The lowest BCUT2D eigenvalue weighted by Crippen LogP contribution is -2.17. The van der Waals surface area contributed by atoms with Gasteiger partial charge in [0.1, 0.15) is 19.0 Å². The number of methoxy groups -OCH3 is 1. The van der Waals surface area contributed by atoms with Crippen molar-refractivity contribution in [3.8, 4) is 17.2 Å². The van der Waals surface area contributed by atoms with Crippen molar-refractivity contribution >= 4 is 29.2 Å². The SMILES string of the molecule is COc1ccccc1NSc1ccc(NC(=O)c2ccc3c(c2)OCCO3)cc1. The van der Waals surface area contributed by atoms with Gasteiger partial charge in [0.25, 0.3) is 5.91 Å². The smallest absolute Gasteiger partial charge is 0.255 e. The van der Waals surface area contributed by atoms with E-state index in [4.69, 9.17) is 14.2 Å². The van der Waals surface area contributed by atoms with Crippen LogP contribution in [0.3, 0.4) is 0 Å². The fraction of sp³-hybridized carbons (Fsp3) is 0.136. The van der Waals surface area contributed by atoms with Crippen LogP contribution < -0.4 is 24.2 Å². The van der Waals surface area contributed by atoms with E-state index in [1.54, 1.807) is 25.3 Å². The highest BCUT2D eigenvalue weighted by Crippen LogP contribution is 2.31. The molecule has 1 heterocycles. The topological polar surface area (TPSA) is 68.8 Å². The number of fused-ring (bicyclic) bond motifs is 1. The molecule has 0 atom stereocenters. The lowest BCUT2D eigenvalue weighted by atomic mass is 10.1. The van der Waals surface area contributed by atoms with E-state index in [1.165, 1.54) is 11.9 Å². The summed E-state index contributed by atoms with van der Waals surface area (Å²) in [6.45, 7) is 1.01. The normalized spacial score (nSPS) is 12.2. The van der Waals surface area contributed by atoms with Crippen LogP contribution in [0.5, 0.6) is 17.2 Å². The molecule has 1 aliphatic rings. The zero-order chi connectivity index (χ0) is 20.1. The summed E-state index contributed by atoms with van der Waals surface area (Å²) in [5.74, 6) is 1.84. The van der Waals surface area contributed by atoms with E-state index < -0.39 is 0 Å². The van der Waals surface area contributed by atoms with E-state index in [9.17, 15) is 4.79 Å². The highest BCUT2D eigenvalue weighted by molar-refractivity contribution is 8.00. The number of ether oxygens (including phenoxy) is 3. The Bertz CT molecular complexity index is 1010. The minimum absolute atomic E-state index is 0.200. The first kappa shape index (κ1) is 19.0. The molecule has 0 aliphatic carbocycles. The van der Waals surface area contributed by atoms with Crippen LogP contribution in [-0.2, 0) is 0 Å². The summed E-state index contributed by atoms with van der Waals surface area (Å²) in [5.41, 5.74) is 2.13. The molecule has 3 aromatic carbocycles. The number of para-hydroxylation sites is 2. The molecule has 29 heavy (non-hydrogen) atoms. The Morgan fingerprint density at radius 1 is 0.966 bits per heavy atom. The van der Waals surface area contributed by atoms with Gasteiger partial charge in [-0.3, -0.25) is 4.79 Å². The zero-order valence-corrected chi connectivity index (χ0v) is 16.6. The maximum atomic E-state index is 12.5. The van der Waals surface area contributed by atoms with E-state index in [0.717, 1.165) is 16.3 Å². The number of carbonyl (C=O) groups excluding carboxylic acids is 1. The molecular formula is C22H20N2O4S. The van der Waals surface area contributed by atoms with Crippen LogP contribution in [-0.4, -0.2) is 26.2 Å². The first-order valence-electron chi connectivity index (χ1n) is 9.10. The second-order valence-electron chi connectivity index (χ2n) is 6.24. The number of benzene rings is 3. The third-order valence-electron chi connectivity index (χ3n) is 4.30. The van der Waals surface area contributed by atoms with Crippen LogP contribution in [0.25, 0.3) is 0 Å². The van der Waals surface area contributed by atoms with Gasteiger partial charge in [0.2, 0.25) is 0 Å². The number of anilines is 2. The van der Waals surface area contributed by atoms with Crippen molar-refractivity contribution in [2.24, 2.45) is 0 Å². The van der Waals surface area contributed by atoms with E-state index in [-0.39, 0.29) is 5.91 Å². The van der Waals surface area contributed by atoms with Crippen molar-refractivity contribution in [3.63, 3.8) is 0 Å². The van der Waals surface area contributed by atoms with E-state index >= 15 is 0 Å². The molecule has 0 unspecified atom stereocenters. The first-order chi connectivity index (χ1) is 14.2. The summed E-state index contributed by atoms with van der Waals surface area (Å²) >= 11 is 1.47. The maximum Gasteiger partial charge on any atom is 0.255 e. The van der Waals surface area contributed by atoms with Crippen molar-refractivity contribution in [1.82, 2.24) is 0 Å². The number of amides is 1. The molecule has 0 saturated heterocycles. The zero-order valence-electron chi connectivity index (χ0n) is 15.8. The molecule has 148 valence electrons. The average molecular weight is 408 g/mol. The molecule has 7 heteroatoms. The molecule has 0 aromatic heterocycles. The van der Waals surface area contributed by atoms with Gasteiger partial charge in [-0.25, -0.2) is 0 Å². The molecule has 4 rings (SSSR count). The van der Waals surface area contributed by atoms with E-state index in [1.807, 2.05) is 48.5 Å². The predicted octanol–water partition coefficient (Wildman–Crippen LogP) is 4.84. The number of hydrogen-bond acceptors (Lipinski definition) is 6. The summed E-state index contributed by atoms with van der Waals surface area (Å²) in [5, 5.41) is 2.90. The summed E-state index contributed by atoms with van der Waals surface area (Å²) in [7, 11) is 1.64. The number of rotatable bonds is 6. The Balaban J connectivity index is 1.37. The Hall–Kier alpha value is -3.32. The van der Waals surface area contributed by atoms with Gasteiger partial charge in [-0.1, -0.05) is 12.1 Å². The molecule has 0 spiro atoms. The van der Waals surface area contributed by atoms with Crippen LogP contribution in [0, 0.1) is 0 Å². The molecular weight excluding hydrogens is 388 g/mol. The molecule has 3 aromatic rings. The quantitative estimate of drug-likeness (QED) is 0.569. The minimum Gasteiger partial charge on any atom is -0.495 e. The summed E-state index contributed by atoms with van der Waals surface area (Å²) < 4.78 is 19.6. The third kappa shape index (κ3) is 4.57. The van der Waals surface area contributed by atoms with Gasteiger partial charge in [0.15, 0.2) is 11.5 Å². The van der Waals surface area contributed by atoms with Crippen LogP contribution >= 0.6 is 11.9 Å². The number of carbonyl (C=O) groups is 1. The monoisotopic (exact) mass is 408 g/mol. The van der Waals surface area contributed by atoms with Crippen molar-refractivity contribution in [1.29, 1.82) is 0 Å². The van der Waals surface area contributed by atoms with Crippen molar-refractivity contribution in [3.05, 3.63) is 72.3 Å². The van der Waals surface area contributed by atoms with Crippen LogP contribution in [0.15, 0.2) is 71.6 Å². The van der Waals surface area contributed by atoms with Gasteiger partial charge >= 0.3 is 0 Å². The van der Waals surface area contributed by atoms with Gasteiger partial charge in [-0.05, 0) is 66.5 Å². The Morgan fingerprint density at radius 3 is 2.52 bits per heavy atom. The fourth-order valence-electron chi connectivity index (χ4n) is 2.84. The molecule has 1 amide bonds. The van der Waals surface area contributed by atoms with E-state index in [0.29, 0.717) is 36.0 Å². The first-order valence-corrected chi connectivity index (χ1v) is 9.91. The summed E-state index contributed by atoms with van der Waals surface area (Å²) in [6, 6.07) is 20.5. The minimum atomic E-state index is -0.200. The highest BCUT2D eigenvalue weighted by atomic mass is 32.2. The lowest BCUT2D eigenvalue weighted by Gasteiger charge is -2.18. The van der Waals surface area contributed by atoms with Gasteiger partial charge in [-0.2, -0.15) is 0 Å². The average Bonchev–Trinajstić information content (AvgIpc) is 2.78. The largest absolute Gasteiger partial charge is 0.495 e. The van der Waals surface area contributed by atoms with Crippen LogP contribution in [0.1, 0.15) is 10.4 Å². The lowest BCUT2D eigenvalue weighted by molar-refractivity contribution is 0.102. The third-order valence-corrected chi connectivity index (χ3v) is 5.13. The molecule has 0 radical (unpaired) electrons. The molecule has 6 nitrogen and oxygen atoms in total. The highest BCUT2D eigenvalue weighted by Gasteiger charge is 2.15. The Labute approximate surface area is 173 Å². The molecule has 2 N–H and O–H groups in total. The second-order valence-corrected chi connectivity index (χ2v) is 7.12. The van der Waals surface area contributed by atoms with Crippen molar-refractivity contribution < 1.29 is 19.0 Å². The van der Waals surface area contributed by atoms with Crippen LogP contribution in [0.2, 0.25) is 0 Å². The van der Waals surface area contributed by atoms with Crippen molar-refractivity contribution in [2.75, 3.05) is 30.4 Å². The molecule has 0 bridgehead atoms. The number of nitrogens with one attached hydrogen (secondary N) is 2. The summed E-state index contributed by atoms with van der Waals surface area (Å²) in [6.07, 6.45) is 0. The van der Waals surface area contributed by atoms with Gasteiger partial charge in [-0.15, -0.1) is 0 Å². The maximum absolute atomic E-state index is 12.5. The molecule has 0 saturated carbocycles. The van der Waals surface area contributed by atoms with Gasteiger partial charge in [0, 0.05) is 16.1 Å². The predicted molar refractivity (Wildman–Crippen MR) is 114 cm³/mol. The Morgan fingerprint density at radius 2 is 1.72 bits per heavy atom. The number of hydrogen-bond donors (Lipinski definition) is 2. The molecule has 0 fully saturated rings. The van der Waals surface area contributed by atoms with Gasteiger partial charge < -0.3 is 24.2 Å². The molecule has 1 aliphatic heterocycles. The van der Waals surface area contributed by atoms with Crippen LogP contribution in [0.4, 0.5) is 11.4 Å².